The highest BCUT2D eigenvalue weighted by atomic mass is 79.9. The summed E-state index contributed by atoms with van der Waals surface area (Å²) in [5.41, 5.74) is 1.32. The first kappa shape index (κ1) is 12.4. The van der Waals surface area contributed by atoms with Gasteiger partial charge in [0, 0.05) is 6.07 Å². The zero-order chi connectivity index (χ0) is 13.0. The molecular weight excluding hydrogens is 294 g/mol. The second-order valence-corrected chi connectivity index (χ2v) is 4.31. The summed E-state index contributed by atoms with van der Waals surface area (Å²) in [6, 6.07) is 12.9. The van der Waals surface area contributed by atoms with Gasteiger partial charge in [-0.1, -0.05) is 6.07 Å². The number of ether oxygens (including phenoxy) is 1. The molecule has 18 heavy (non-hydrogen) atoms. The van der Waals surface area contributed by atoms with Gasteiger partial charge in [-0.3, -0.25) is 0 Å². The number of nitrogens with zero attached hydrogens (tertiary/aromatic N) is 2. The minimum atomic E-state index is 0.555. The van der Waals surface area contributed by atoms with Crippen LogP contribution >= 0.6 is 15.9 Å². The van der Waals surface area contributed by atoms with Gasteiger partial charge in [0.1, 0.15) is 16.2 Å². The van der Waals surface area contributed by atoms with Crippen molar-refractivity contribution in [3.63, 3.8) is 0 Å². The summed E-state index contributed by atoms with van der Waals surface area (Å²) in [5, 5.41) is 12.0. The van der Waals surface area contributed by atoms with Gasteiger partial charge in [0.05, 0.1) is 24.4 Å². The maximum atomic E-state index is 8.83. The molecule has 0 fully saturated rings. The molecule has 0 aliphatic heterocycles. The van der Waals surface area contributed by atoms with Crippen molar-refractivity contribution >= 4 is 27.4 Å². The normalized spacial score (nSPS) is 9.61. The van der Waals surface area contributed by atoms with Crippen LogP contribution in [0, 0.1) is 11.3 Å². The summed E-state index contributed by atoms with van der Waals surface area (Å²) in [5.74, 6) is 1.31. The predicted octanol–water partition coefficient (Wildman–Crippen LogP) is 3.47. The van der Waals surface area contributed by atoms with Gasteiger partial charge in [0.25, 0.3) is 0 Å². The van der Waals surface area contributed by atoms with Crippen LogP contribution in [0.15, 0.2) is 41.0 Å². The fourth-order valence-electron chi connectivity index (χ4n) is 1.48. The molecule has 1 aromatic heterocycles. The molecule has 4 nitrogen and oxygen atoms in total. The lowest BCUT2D eigenvalue weighted by atomic mass is 10.2. The van der Waals surface area contributed by atoms with E-state index in [1.165, 1.54) is 0 Å². The molecule has 2 rings (SSSR count). The minimum absolute atomic E-state index is 0.555. The molecule has 0 bridgehead atoms. The zero-order valence-electron chi connectivity index (χ0n) is 9.64. The van der Waals surface area contributed by atoms with E-state index in [2.05, 4.69) is 32.3 Å². The predicted molar refractivity (Wildman–Crippen MR) is 72.9 cm³/mol. The quantitative estimate of drug-likeness (QED) is 0.882. The molecular formula is C13H10BrN3O. The first-order valence-corrected chi connectivity index (χ1v) is 6.00. The van der Waals surface area contributed by atoms with Gasteiger partial charge in [-0.15, -0.1) is 0 Å². The Bertz CT molecular complexity index is 607. The molecule has 90 valence electrons. The number of nitrogens with one attached hydrogen (secondary N) is 1. The fraction of sp³-hybridized carbons (Fsp3) is 0.0769. The number of hydrogen-bond donors (Lipinski definition) is 1. The standard InChI is InChI=1S/C13H10BrN3O/c1-18-11-7-9(8-15)5-6-10(11)16-13-4-2-3-12(14)17-13/h2-7H,1H3,(H,16,17). The van der Waals surface area contributed by atoms with Gasteiger partial charge < -0.3 is 10.1 Å². The Balaban J connectivity index is 2.32. The van der Waals surface area contributed by atoms with E-state index in [9.17, 15) is 0 Å². The third kappa shape index (κ3) is 2.79. The highest BCUT2D eigenvalue weighted by Crippen LogP contribution is 2.28. The topological polar surface area (TPSA) is 57.9 Å². The molecule has 0 saturated carbocycles. The van der Waals surface area contributed by atoms with Crippen LogP contribution in [0.2, 0.25) is 0 Å². The van der Waals surface area contributed by atoms with Gasteiger partial charge in [-0.25, -0.2) is 4.98 Å². The number of rotatable bonds is 3. The van der Waals surface area contributed by atoms with Crippen molar-refractivity contribution in [3.8, 4) is 11.8 Å². The van der Waals surface area contributed by atoms with Crippen LogP contribution in [0.25, 0.3) is 0 Å². The molecule has 1 heterocycles. The van der Waals surface area contributed by atoms with E-state index in [1.807, 2.05) is 18.2 Å². The molecule has 0 saturated heterocycles. The number of aromatic nitrogens is 1. The molecule has 1 N–H and O–H groups in total. The molecule has 0 atom stereocenters. The summed E-state index contributed by atoms with van der Waals surface area (Å²) >= 11 is 3.31. The second kappa shape index (κ2) is 5.52. The van der Waals surface area contributed by atoms with Gasteiger partial charge in [-0.2, -0.15) is 5.26 Å². The Morgan fingerprint density at radius 1 is 1.33 bits per heavy atom. The largest absolute Gasteiger partial charge is 0.495 e. The summed E-state index contributed by atoms with van der Waals surface area (Å²) in [7, 11) is 1.57. The van der Waals surface area contributed by atoms with E-state index in [0.29, 0.717) is 17.1 Å². The number of nitriles is 1. The van der Waals surface area contributed by atoms with E-state index in [-0.39, 0.29) is 0 Å². The third-order valence-corrected chi connectivity index (χ3v) is 2.75. The van der Waals surface area contributed by atoms with Gasteiger partial charge in [0.2, 0.25) is 0 Å². The summed E-state index contributed by atoms with van der Waals surface area (Å²) in [4.78, 5) is 4.27. The number of benzene rings is 1. The van der Waals surface area contributed by atoms with Crippen molar-refractivity contribution in [1.29, 1.82) is 5.26 Å². The number of pyridine rings is 1. The molecule has 0 aliphatic carbocycles. The monoisotopic (exact) mass is 303 g/mol. The summed E-state index contributed by atoms with van der Waals surface area (Å²) in [6.07, 6.45) is 0. The summed E-state index contributed by atoms with van der Waals surface area (Å²) < 4.78 is 5.99. The van der Waals surface area contributed by atoms with Crippen LogP contribution in [0.5, 0.6) is 5.75 Å². The Morgan fingerprint density at radius 2 is 2.17 bits per heavy atom. The van der Waals surface area contributed by atoms with Crippen molar-refractivity contribution in [1.82, 2.24) is 4.98 Å². The second-order valence-electron chi connectivity index (χ2n) is 3.50. The van der Waals surface area contributed by atoms with E-state index in [4.69, 9.17) is 10.00 Å². The molecule has 0 amide bonds. The highest BCUT2D eigenvalue weighted by Gasteiger charge is 2.05. The van der Waals surface area contributed by atoms with Gasteiger partial charge in [0.15, 0.2) is 0 Å². The van der Waals surface area contributed by atoms with E-state index >= 15 is 0 Å². The minimum Gasteiger partial charge on any atom is -0.495 e. The summed E-state index contributed by atoms with van der Waals surface area (Å²) in [6.45, 7) is 0. The van der Waals surface area contributed by atoms with E-state index in [0.717, 1.165) is 10.3 Å². The first-order valence-electron chi connectivity index (χ1n) is 5.20. The van der Waals surface area contributed by atoms with E-state index < -0.39 is 0 Å². The fourth-order valence-corrected chi connectivity index (χ4v) is 1.82. The number of hydrogen-bond acceptors (Lipinski definition) is 4. The Morgan fingerprint density at radius 3 is 2.83 bits per heavy atom. The Kier molecular flexibility index (Phi) is 3.80. The van der Waals surface area contributed by atoms with Gasteiger partial charge >= 0.3 is 0 Å². The maximum absolute atomic E-state index is 8.83. The van der Waals surface area contributed by atoms with Crippen LogP contribution in [0.1, 0.15) is 5.56 Å². The lowest BCUT2D eigenvalue weighted by molar-refractivity contribution is 0.416. The zero-order valence-corrected chi connectivity index (χ0v) is 11.2. The van der Waals surface area contributed by atoms with Crippen molar-refractivity contribution in [2.24, 2.45) is 0 Å². The molecule has 0 spiro atoms. The van der Waals surface area contributed by atoms with Crippen LogP contribution in [-0.4, -0.2) is 12.1 Å². The lowest BCUT2D eigenvalue weighted by Gasteiger charge is -2.10. The number of anilines is 2. The Hall–Kier alpha value is -2.06. The van der Waals surface area contributed by atoms with Crippen LogP contribution in [0.3, 0.4) is 0 Å². The van der Waals surface area contributed by atoms with Crippen LogP contribution < -0.4 is 10.1 Å². The molecule has 0 unspecified atom stereocenters. The molecule has 0 radical (unpaired) electrons. The van der Waals surface area contributed by atoms with Gasteiger partial charge in [-0.05, 0) is 40.2 Å². The van der Waals surface area contributed by atoms with Crippen molar-refractivity contribution in [2.45, 2.75) is 0 Å². The molecule has 2 aromatic rings. The Labute approximate surface area is 113 Å². The molecule has 1 aromatic carbocycles. The number of halogens is 1. The first-order chi connectivity index (χ1) is 8.72. The average Bonchev–Trinajstić information content (AvgIpc) is 2.39. The van der Waals surface area contributed by atoms with Crippen molar-refractivity contribution in [2.75, 3.05) is 12.4 Å². The van der Waals surface area contributed by atoms with Crippen molar-refractivity contribution in [3.05, 3.63) is 46.6 Å². The van der Waals surface area contributed by atoms with Crippen LogP contribution in [0.4, 0.5) is 11.5 Å². The maximum Gasteiger partial charge on any atom is 0.143 e. The number of methoxy groups -OCH3 is 1. The smallest absolute Gasteiger partial charge is 0.143 e. The van der Waals surface area contributed by atoms with Crippen LogP contribution in [-0.2, 0) is 0 Å². The third-order valence-electron chi connectivity index (χ3n) is 2.31. The average molecular weight is 304 g/mol. The highest BCUT2D eigenvalue weighted by molar-refractivity contribution is 9.10. The lowest BCUT2D eigenvalue weighted by Crippen LogP contribution is -1.97. The van der Waals surface area contributed by atoms with Crippen molar-refractivity contribution < 1.29 is 4.74 Å². The molecule has 0 aliphatic rings. The van der Waals surface area contributed by atoms with E-state index in [1.54, 1.807) is 25.3 Å². The SMILES string of the molecule is COc1cc(C#N)ccc1Nc1cccc(Br)n1. The molecule has 5 heteroatoms.